The molecule has 0 atom stereocenters. The molecular weight excluding hydrogens is 324 g/mol. The molecule has 6 nitrogen and oxygen atoms in total. The van der Waals surface area contributed by atoms with Gasteiger partial charge in [-0.3, -0.25) is 4.55 Å². The van der Waals surface area contributed by atoms with Crippen LogP contribution in [0.3, 0.4) is 0 Å². The summed E-state index contributed by atoms with van der Waals surface area (Å²) >= 11 is 1.33. The van der Waals surface area contributed by atoms with Crippen molar-refractivity contribution in [2.75, 3.05) is 0 Å². The Morgan fingerprint density at radius 2 is 1.95 bits per heavy atom. The summed E-state index contributed by atoms with van der Waals surface area (Å²) in [7, 11) is -4.36. The molecule has 0 unspecified atom stereocenters. The van der Waals surface area contributed by atoms with Gasteiger partial charge in [-0.1, -0.05) is 12.1 Å². The van der Waals surface area contributed by atoms with Crippen LogP contribution in [0, 0.1) is 0 Å². The van der Waals surface area contributed by atoms with Crippen molar-refractivity contribution in [1.82, 2.24) is 4.98 Å². The van der Waals surface area contributed by atoms with Crippen molar-refractivity contribution in [1.29, 1.82) is 0 Å². The van der Waals surface area contributed by atoms with Gasteiger partial charge in [0, 0.05) is 5.56 Å². The second kappa shape index (κ2) is 5.43. The van der Waals surface area contributed by atoms with Gasteiger partial charge in [0.15, 0.2) is 0 Å². The first-order valence-electron chi connectivity index (χ1n) is 6.04. The van der Waals surface area contributed by atoms with E-state index in [0.717, 1.165) is 10.2 Å². The number of carbonyl (C=O) groups excluding carboxylic acids is 1. The average Bonchev–Trinajstić information content (AvgIpc) is 2.90. The van der Waals surface area contributed by atoms with Crippen LogP contribution >= 0.6 is 11.3 Å². The van der Waals surface area contributed by atoms with Crippen LogP contribution < -0.4 is 0 Å². The minimum atomic E-state index is -4.36. The number of fused-ring (bicyclic) bond motifs is 1. The lowest BCUT2D eigenvalue weighted by molar-refractivity contribution is 0.483. The highest BCUT2D eigenvalue weighted by atomic mass is 32.2. The Morgan fingerprint density at radius 1 is 1.18 bits per heavy atom. The monoisotopic (exact) mass is 332 g/mol. The summed E-state index contributed by atoms with van der Waals surface area (Å²) in [5.41, 5.74) is 1.34. The Hall–Kier alpha value is -2.38. The quantitative estimate of drug-likeness (QED) is 0.451. The van der Waals surface area contributed by atoms with Crippen LogP contribution in [0.15, 0.2) is 52.4 Å². The summed E-state index contributed by atoms with van der Waals surface area (Å²) in [5, 5.41) is 0.501. The maximum absolute atomic E-state index is 11.3. The van der Waals surface area contributed by atoms with Crippen LogP contribution in [-0.2, 0) is 14.9 Å². The van der Waals surface area contributed by atoms with Gasteiger partial charge in [0.1, 0.15) is 5.01 Å². The molecule has 8 heteroatoms. The first kappa shape index (κ1) is 14.6. The Bertz CT molecular complexity index is 985. The van der Waals surface area contributed by atoms with Gasteiger partial charge in [-0.15, -0.1) is 11.3 Å². The SMILES string of the molecule is O=C=Nc1ccc(S(=O)(=O)O)cc1-c1nc2ccccc2s1. The first-order valence-corrected chi connectivity index (χ1v) is 8.30. The number of thiazole rings is 1. The number of nitrogens with zero attached hydrogens (tertiary/aromatic N) is 2. The average molecular weight is 332 g/mol. The van der Waals surface area contributed by atoms with E-state index in [0.29, 0.717) is 10.6 Å². The number of rotatable bonds is 3. The fraction of sp³-hybridized carbons (Fsp3) is 0. The molecular formula is C14H8N2O4S2. The van der Waals surface area contributed by atoms with Gasteiger partial charge < -0.3 is 0 Å². The van der Waals surface area contributed by atoms with Crippen LogP contribution in [0.5, 0.6) is 0 Å². The zero-order valence-corrected chi connectivity index (χ0v) is 12.6. The lowest BCUT2D eigenvalue weighted by Crippen LogP contribution is -1.98. The Labute approximate surface area is 129 Å². The number of hydrogen-bond acceptors (Lipinski definition) is 6. The first-order chi connectivity index (χ1) is 10.5. The van der Waals surface area contributed by atoms with Gasteiger partial charge in [-0.25, -0.2) is 9.78 Å². The van der Waals surface area contributed by atoms with Crippen molar-refractivity contribution < 1.29 is 17.8 Å². The lowest BCUT2D eigenvalue weighted by Gasteiger charge is -2.03. The number of benzene rings is 2. The fourth-order valence-corrected chi connectivity index (χ4v) is 3.48. The molecule has 2 aromatic carbocycles. The van der Waals surface area contributed by atoms with E-state index in [1.807, 2.05) is 24.3 Å². The number of aliphatic imine (C=N–C) groups is 1. The van der Waals surface area contributed by atoms with E-state index in [1.165, 1.54) is 35.6 Å². The van der Waals surface area contributed by atoms with Gasteiger partial charge in [0.05, 0.1) is 20.8 Å². The smallest absolute Gasteiger partial charge is 0.282 e. The standard InChI is InChI=1S/C14H8N2O4S2/c17-8-15-11-6-5-9(22(18,19)20)7-10(11)14-16-12-3-1-2-4-13(12)21-14/h1-7H,(H,18,19,20). The van der Waals surface area contributed by atoms with Crippen molar-refractivity contribution in [3.8, 4) is 10.6 Å². The molecule has 1 aromatic heterocycles. The topological polar surface area (TPSA) is 96.7 Å². The third kappa shape index (κ3) is 2.68. The third-order valence-electron chi connectivity index (χ3n) is 2.96. The van der Waals surface area contributed by atoms with E-state index in [2.05, 4.69) is 9.98 Å². The summed E-state index contributed by atoms with van der Waals surface area (Å²) in [6.07, 6.45) is 1.43. The molecule has 1 N–H and O–H groups in total. The van der Waals surface area contributed by atoms with Gasteiger partial charge in [-0.05, 0) is 30.3 Å². The Morgan fingerprint density at radius 3 is 2.64 bits per heavy atom. The molecule has 0 aliphatic rings. The second-order valence-electron chi connectivity index (χ2n) is 4.34. The maximum atomic E-state index is 11.3. The summed E-state index contributed by atoms with van der Waals surface area (Å²) in [4.78, 5) is 18.2. The van der Waals surface area contributed by atoms with Crippen LogP contribution in [0.1, 0.15) is 0 Å². The molecule has 0 amide bonds. The molecule has 0 saturated carbocycles. The minimum absolute atomic E-state index is 0.237. The van der Waals surface area contributed by atoms with Crippen molar-refractivity contribution in [2.24, 2.45) is 4.99 Å². The number of hydrogen-bond donors (Lipinski definition) is 1. The van der Waals surface area contributed by atoms with Crippen molar-refractivity contribution >= 4 is 43.4 Å². The predicted octanol–water partition coefficient (Wildman–Crippen LogP) is 3.18. The molecule has 0 saturated heterocycles. The highest BCUT2D eigenvalue weighted by Gasteiger charge is 2.16. The zero-order chi connectivity index (χ0) is 15.7. The van der Waals surface area contributed by atoms with Gasteiger partial charge in [-0.2, -0.15) is 13.4 Å². The fourth-order valence-electron chi connectivity index (χ4n) is 1.98. The summed E-state index contributed by atoms with van der Waals surface area (Å²) < 4.78 is 32.7. The van der Waals surface area contributed by atoms with E-state index in [-0.39, 0.29) is 10.6 Å². The molecule has 0 spiro atoms. The summed E-state index contributed by atoms with van der Waals surface area (Å²) in [5.74, 6) is 0. The molecule has 22 heavy (non-hydrogen) atoms. The van der Waals surface area contributed by atoms with E-state index < -0.39 is 10.1 Å². The molecule has 110 valence electrons. The molecule has 0 aliphatic heterocycles. The molecule has 0 fully saturated rings. The third-order valence-corrected chi connectivity index (χ3v) is 4.88. The normalized spacial score (nSPS) is 11.3. The van der Waals surface area contributed by atoms with Crippen LogP contribution in [0.4, 0.5) is 5.69 Å². The zero-order valence-electron chi connectivity index (χ0n) is 10.9. The maximum Gasteiger partial charge on any atom is 0.294 e. The van der Waals surface area contributed by atoms with E-state index >= 15 is 0 Å². The Kier molecular flexibility index (Phi) is 3.59. The number of isocyanates is 1. The van der Waals surface area contributed by atoms with Crippen molar-refractivity contribution in [3.63, 3.8) is 0 Å². The molecule has 3 rings (SSSR count). The van der Waals surface area contributed by atoms with E-state index in [1.54, 1.807) is 0 Å². The van der Waals surface area contributed by atoms with E-state index in [9.17, 15) is 13.2 Å². The molecule has 0 bridgehead atoms. The second-order valence-corrected chi connectivity index (χ2v) is 6.80. The van der Waals surface area contributed by atoms with Crippen LogP contribution in [-0.4, -0.2) is 24.0 Å². The predicted molar refractivity (Wildman–Crippen MR) is 82.7 cm³/mol. The summed E-state index contributed by atoms with van der Waals surface area (Å²) in [6, 6.07) is 11.1. The number of aromatic nitrogens is 1. The highest BCUT2D eigenvalue weighted by Crippen LogP contribution is 2.37. The number of para-hydroxylation sites is 1. The Balaban J connectivity index is 2.28. The highest BCUT2D eigenvalue weighted by molar-refractivity contribution is 7.85. The van der Waals surface area contributed by atoms with Gasteiger partial charge in [0.2, 0.25) is 6.08 Å². The van der Waals surface area contributed by atoms with Crippen LogP contribution in [0.2, 0.25) is 0 Å². The molecule has 1 heterocycles. The van der Waals surface area contributed by atoms with Gasteiger partial charge >= 0.3 is 0 Å². The van der Waals surface area contributed by atoms with Crippen molar-refractivity contribution in [2.45, 2.75) is 4.90 Å². The van der Waals surface area contributed by atoms with Crippen LogP contribution in [0.25, 0.3) is 20.8 Å². The van der Waals surface area contributed by atoms with E-state index in [4.69, 9.17) is 4.55 Å². The van der Waals surface area contributed by atoms with Crippen molar-refractivity contribution in [3.05, 3.63) is 42.5 Å². The largest absolute Gasteiger partial charge is 0.294 e. The molecule has 0 aliphatic carbocycles. The molecule has 3 aromatic rings. The molecule has 0 radical (unpaired) electrons. The van der Waals surface area contributed by atoms with Gasteiger partial charge in [0.25, 0.3) is 10.1 Å². The lowest BCUT2D eigenvalue weighted by atomic mass is 10.2. The summed E-state index contributed by atoms with van der Waals surface area (Å²) in [6.45, 7) is 0. The minimum Gasteiger partial charge on any atom is -0.282 e.